The number of aliphatic hydroxyl groups is 1. The van der Waals surface area contributed by atoms with Crippen LogP contribution >= 0.6 is 12.4 Å². The lowest BCUT2D eigenvalue weighted by Crippen LogP contribution is -2.57. The Bertz CT molecular complexity index is 277. The summed E-state index contributed by atoms with van der Waals surface area (Å²) in [5, 5.41) is 9.41. The van der Waals surface area contributed by atoms with Gasteiger partial charge in [0.2, 0.25) is 5.91 Å². The van der Waals surface area contributed by atoms with Gasteiger partial charge in [0, 0.05) is 32.2 Å². The molecule has 0 spiro atoms. The zero-order chi connectivity index (χ0) is 13.7. The number of rotatable bonds is 5. The zero-order valence-corrected chi connectivity index (χ0v) is 13.0. The first-order valence-electron chi connectivity index (χ1n) is 6.92. The van der Waals surface area contributed by atoms with Crippen LogP contribution in [0.3, 0.4) is 0 Å². The van der Waals surface area contributed by atoms with Gasteiger partial charge in [-0.2, -0.15) is 0 Å². The van der Waals surface area contributed by atoms with E-state index in [-0.39, 0.29) is 36.5 Å². The van der Waals surface area contributed by atoms with E-state index >= 15 is 0 Å². The van der Waals surface area contributed by atoms with Crippen LogP contribution in [0.2, 0.25) is 0 Å². The number of amides is 1. The van der Waals surface area contributed by atoms with Crippen LogP contribution in [-0.4, -0.2) is 65.2 Å². The zero-order valence-electron chi connectivity index (χ0n) is 12.2. The average molecular weight is 294 g/mol. The summed E-state index contributed by atoms with van der Waals surface area (Å²) in [6.07, 6.45) is 1.36. The molecule has 6 heteroatoms. The van der Waals surface area contributed by atoms with Crippen molar-refractivity contribution < 1.29 is 9.90 Å². The molecule has 1 heterocycles. The molecule has 1 saturated heterocycles. The van der Waals surface area contributed by atoms with E-state index in [0.29, 0.717) is 19.6 Å². The van der Waals surface area contributed by atoms with Crippen molar-refractivity contribution in [3.8, 4) is 0 Å². The van der Waals surface area contributed by atoms with Gasteiger partial charge in [-0.25, -0.2) is 0 Å². The van der Waals surface area contributed by atoms with Gasteiger partial charge in [-0.15, -0.1) is 12.4 Å². The molecule has 3 unspecified atom stereocenters. The van der Waals surface area contributed by atoms with Crippen molar-refractivity contribution in [2.24, 2.45) is 5.73 Å². The number of nitrogens with two attached hydrogens (primary N) is 1. The van der Waals surface area contributed by atoms with Gasteiger partial charge < -0.3 is 15.7 Å². The monoisotopic (exact) mass is 293 g/mol. The Kier molecular flexibility index (Phi) is 8.57. The van der Waals surface area contributed by atoms with E-state index in [0.717, 1.165) is 19.4 Å². The Morgan fingerprint density at radius 1 is 1.47 bits per heavy atom. The molecule has 1 aliphatic heterocycles. The predicted molar refractivity (Wildman–Crippen MR) is 79.4 cm³/mol. The fraction of sp³-hybridized carbons (Fsp3) is 0.923. The maximum atomic E-state index is 12.1. The molecule has 1 amide bonds. The molecular formula is C13H28ClN3O2. The van der Waals surface area contributed by atoms with Crippen molar-refractivity contribution >= 4 is 18.3 Å². The van der Waals surface area contributed by atoms with E-state index in [1.165, 1.54) is 0 Å². The smallest absolute Gasteiger partial charge is 0.239 e. The minimum Gasteiger partial charge on any atom is -0.392 e. The molecule has 0 bridgehead atoms. The van der Waals surface area contributed by atoms with E-state index in [1.807, 2.05) is 11.8 Å². The third-order valence-corrected chi connectivity index (χ3v) is 3.49. The second kappa shape index (κ2) is 8.74. The molecule has 0 saturated carbocycles. The molecule has 0 aromatic heterocycles. The first-order valence-corrected chi connectivity index (χ1v) is 6.92. The number of β-amino-alcohol motifs (C(OH)–C–C–N with tert-alkyl or cyclic N) is 1. The van der Waals surface area contributed by atoms with Crippen LogP contribution in [0.15, 0.2) is 0 Å². The molecule has 3 N–H and O–H groups in total. The minimum absolute atomic E-state index is 0. The molecule has 19 heavy (non-hydrogen) atoms. The van der Waals surface area contributed by atoms with E-state index in [4.69, 9.17) is 5.73 Å². The predicted octanol–water partition coefficient (Wildman–Crippen LogP) is 0.449. The lowest BCUT2D eigenvalue weighted by Gasteiger charge is -2.41. The van der Waals surface area contributed by atoms with E-state index in [1.54, 1.807) is 6.92 Å². The van der Waals surface area contributed by atoms with Crippen molar-refractivity contribution in [1.82, 2.24) is 9.80 Å². The summed E-state index contributed by atoms with van der Waals surface area (Å²) in [6, 6.07) is -0.0726. The lowest BCUT2D eigenvalue weighted by atomic mass is 10.1. The summed E-state index contributed by atoms with van der Waals surface area (Å²) < 4.78 is 0. The Morgan fingerprint density at radius 2 is 2.11 bits per heavy atom. The third kappa shape index (κ3) is 5.65. The molecule has 1 aliphatic rings. The van der Waals surface area contributed by atoms with E-state index < -0.39 is 0 Å². The third-order valence-electron chi connectivity index (χ3n) is 3.49. The van der Waals surface area contributed by atoms with Gasteiger partial charge in [0.25, 0.3) is 0 Å². The first kappa shape index (κ1) is 18.6. The normalized spacial score (nSPS) is 23.6. The minimum atomic E-state index is -0.356. The number of hydrogen-bond donors (Lipinski definition) is 2. The van der Waals surface area contributed by atoms with Crippen LogP contribution in [0.4, 0.5) is 0 Å². The lowest BCUT2D eigenvalue weighted by molar-refractivity contribution is -0.135. The summed E-state index contributed by atoms with van der Waals surface area (Å²) in [5.41, 5.74) is 5.87. The van der Waals surface area contributed by atoms with Crippen LogP contribution in [0.25, 0.3) is 0 Å². The quantitative estimate of drug-likeness (QED) is 0.772. The highest BCUT2D eigenvalue weighted by Crippen LogP contribution is 2.12. The summed E-state index contributed by atoms with van der Waals surface area (Å²) in [6.45, 7) is 8.84. The molecule has 0 aliphatic carbocycles. The number of nitrogens with zero attached hydrogens (tertiary/aromatic N) is 2. The van der Waals surface area contributed by atoms with Gasteiger partial charge in [-0.05, 0) is 20.3 Å². The molecule has 0 aromatic rings. The van der Waals surface area contributed by atoms with Gasteiger partial charge in [-0.1, -0.05) is 13.3 Å². The second-order valence-electron chi connectivity index (χ2n) is 5.37. The van der Waals surface area contributed by atoms with Crippen LogP contribution < -0.4 is 5.73 Å². The largest absolute Gasteiger partial charge is 0.392 e. The molecule has 5 nitrogen and oxygen atoms in total. The highest BCUT2D eigenvalue weighted by Gasteiger charge is 2.29. The second-order valence-corrected chi connectivity index (χ2v) is 5.37. The van der Waals surface area contributed by atoms with Crippen LogP contribution in [0.5, 0.6) is 0 Å². The number of carbonyl (C=O) groups is 1. The molecule has 1 fully saturated rings. The van der Waals surface area contributed by atoms with Crippen molar-refractivity contribution in [2.45, 2.75) is 51.8 Å². The molecule has 1 rings (SSSR count). The number of carbonyl (C=O) groups excluding carboxylic acids is 1. The van der Waals surface area contributed by atoms with Gasteiger partial charge in [0.05, 0.1) is 12.1 Å². The summed E-state index contributed by atoms with van der Waals surface area (Å²) in [7, 11) is 0. The molecular weight excluding hydrogens is 266 g/mol. The fourth-order valence-electron chi connectivity index (χ4n) is 2.48. The standard InChI is InChI=1S/C13H27N3O2.ClH/c1-4-5-12(14)13(18)16-7-6-15(9-11(3)17)10(2)8-16;/h10-12,17H,4-9,14H2,1-3H3;1H. The fourth-order valence-corrected chi connectivity index (χ4v) is 2.48. The van der Waals surface area contributed by atoms with E-state index in [9.17, 15) is 9.90 Å². The number of halogens is 1. The molecule has 0 aromatic carbocycles. The Labute approximate surface area is 122 Å². The molecule has 114 valence electrons. The summed E-state index contributed by atoms with van der Waals surface area (Å²) >= 11 is 0. The summed E-state index contributed by atoms with van der Waals surface area (Å²) in [5.74, 6) is 0.0698. The Morgan fingerprint density at radius 3 is 2.58 bits per heavy atom. The highest BCUT2D eigenvalue weighted by atomic mass is 35.5. The SMILES string of the molecule is CCCC(N)C(=O)N1CCN(CC(C)O)C(C)C1.Cl. The Balaban J connectivity index is 0.00000324. The van der Waals surface area contributed by atoms with Crippen molar-refractivity contribution in [2.75, 3.05) is 26.2 Å². The first-order chi connectivity index (χ1) is 8.45. The van der Waals surface area contributed by atoms with Gasteiger partial charge in [0.1, 0.15) is 0 Å². The number of aliphatic hydroxyl groups excluding tert-OH is 1. The molecule has 3 atom stereocenters. The maximum Gasteiger partial charge on any atom is 0.239 e. The number of hydrogen-bond acceptors (Lipinski definition) is 4. The van der Waals surface area contributed by atoms with Crippen molar-refractivity contribution in [3.63, 3.8) is 0 Å². The number of piperazine rings is 1. The van der Waals surface area contributed by atoms with Gasteiger partial charge in [0.15, 0.2) is 0 Å². The van der Waals surface area contributed by atoms with Crippen LogP contribution in [-0.2, 0) is 4.79 Å². The van der Waals surface area contributed by atoms with Crippen molar-refractivity contribution in [3.05, 3.63) is 0 Å². The van der Waals surface area contributed by atoms with Crippen LogP contribution in [0.1, 0.15) is 33.6 Å². The van der Waals surface area contributed by atoms with Crippen molar-refractivity contribution in [1.29, 1.82) is 0 Å². The topological polar surface area (TPSA) is 69.8 Å². The average Bonchev–Trinajstić information content (AvgIpc) is 2.30. The Hall–Kier alpha value is -0.360. The van der Waals surface area contributed by atoms with Crippen LogP contribution in [0, 0.1) is 0 Å². The van der Waals surface area contributed by atoms with Gasteiger partial charge in [-0.3, -0.25) is 9.69 Å². The summed E-state index contributed by atoms with van der Waals surface area (Å²) in [4.78, 5) is 16.2. The van der Waals surface area contributed by atoms with E-state index in [2.05, 4.69) is 11.8 Å². The highest BCUT2D eigenvalue weighted by molar-refractivity contribution is 5.85. The maximum absolute atomic E-state index is 12.1. The molecule has 0 radical (unpaired) electrons. The van der Waals surface area contributed by atoms with Gasteiger partial charge >= 0.3 is 0 Å².